The van der Waals surface area contributed by atoms with E-state index in [1.807, 2.05) is 66.7 Å². The fourth-order valence-electron chi connectivity index (χ4n) is 4.12. The number of carbonyl (C=O) groups excluding carboxylic acids is 1. The number of fused-ring (bicyclic) bond motifs is 2. The van der Waals surface area contributed by atoms with Crippen LogP contribution in [0.2, 0.25) is 0 Å². The number of amides is 1. The number of hydrogen-bond acceptors (Lipinski definition) is 6. The zero-order valence-corrected chi connectivity index (χ0v) is 19.5. The highest BCUT2D eigenvalue weighted by atomic mass is 16.6. The maximum Gasteiger partial charge on any atom is 0.266 e. The second-order valence-electron chi connectivity index (χ2n) is 8.34. The zero-order chi connectivity index (χ0) is 25.2. The molecule has 0 fully saturated rings. The Kier molecular flexibility index (Phi) is 5.64. The van der Waals surface area contributed by atoms with E-state index in [0.717, 1.165) is 16.7 Å². The van der Waals surface area contributed by atoms with Crippen LogP contribution in [0.25, 0.3) is 34.2 Å². The molecule has 1 amide bonds. The summed E-state index contributed by atoms with van der Waals surface area (Å²) in [6, 6.07) is 26.3. The van der Waals surface area contributed by atoms with Crippen LogP contribution in [0.3, 0.4) is 0 Å². The van der Waals surface area contributed by atoms with E-state index in [9.17, 15) is 10.1 Å². The average Bonchev–Trinajstić information content (AvgIpc) is 3.56. The number of hydrogen-bond donors (Lipinski definition) is 1. The van der Waals surface area contributed by atoms with Crippen molar-refractivity contribution < 1.29 is 18.7 Å². The third-order valence-corrected chi connectivity index (χ3v) is 5.89. The maximum absolute atomic E-state index is 13.1. The molecule has 0 saturated heterocycles. The quantitative estimate of drug-likeness (QED) is 0.255. The van der Waals surface area contributed by atoms with Crippen molar-refractivity contribution in [1.29, 1.82) is 5.26 Å². The van der Waals surface area contributed by atoms with E-state index in [1.165, 1.54) is 6.08 Å². The standard InChI is InChI=1S/C29H20N4O4/c30-17-20(29(34)31-22-10-11-25-26(16-22)36-13-12-35-25)14-21-18-33(23-7-2-1-3-8-23)32-28(21)27-15-19-6-4-5-9-24(19)37-27/h1-11,14-16,18H,12-13H2,(H,31,34). The minimum absolute atomic E-state index is 0.0835. The first-order valence-electron chi connectivity index (χ1n) is 11.6. The lowest BCUT2D eigenvalue weighted by atomic mass is 10.1. The van der Waals surface area contributed by atoms with Crippen LogP contribution >= 0.6 is 0 Å². The predicted octanol–water partition coefficient (Wildman–Crippen LogP) is 5.60. The van der Waals surface area contributed by atoms with Gasteiger partial charge in [-0.15, -0.1) is 0 Å². The predicted molar refractivity (Wildman–Crippen MR) is 138 cm³/mol. The number of ether oxygens (including phenoxy) is 2. The number of furan rings is 1. The molecule has 1 N–H and O–H groups in total. The maximum atomic E-state index is 13.1. The van der Waals surface area contributed by atoms with Crippen LogP contribution in [0.1, 0.15) is 5.56 Å². The number of rotatable bonds is 5. The van der Waals surface area contributed by atoms with Gasteiger partial charge in [0.1, 0.15) is 36.1 Å². The van der Waals surface area contributed by atoms with Gasteiger partial charge in [-0.3, -0.25) is 4.79 Å². The highest BCUT2D eigenvalue weighted by Gasteiger charge is 2.19. The van der Waals surface area contributed by atoms with Gasteiger partial charge in [0, 0.05) is 28.9 Å². The van der Waals surface area contributed by atoms with E-state index in [0.29, 0.717) is 47.4 Å². The average molecular weight is 489 g/mol. The molecule has 8 nitrogen and oxygen atoms in total. The third-order valence-electron chi connectivity index (χ3n) is 5.89. The minimum Gasteiger partial charge on any atom is -0.486 e. The van der Waals surface area contributed by atoms with Gasteiger partial charge in [-0.1, -0.05) is 36.4 Å². The molecular formula is C29H20N4O4. The van der Waals surface area contributed by atoms with Crippen molar-refractivity contribution in [2.75, 3.05) is 18.5 Å². The molecule has 180 valence electrons. The van der Waals surface area contributed by atoms with E-state index >= 15 is 0 Å². The van der Waals surface area contributed by atoms with Crippen molar-refractivity contribution >= 4 is 28.6 Å². The van der Waals surface area contributed by atoms with Crippen LogP contribution in [0, 0.1) is 11.3 Å². The van der Waals surface area contributed by atoms with Crippen molar-refractivity contribution in [3.8, 4) is 34.7 Å². The first kappa shape index (κ1) is 22.2. The van der Waals surface area contributed by atoms with Crippen molar-refractivity contribution in [3.05, 3.63) is 96.2 Å². The normalized spacial score (nSPS) is 12.8. The molecule has 3 heterocycles. The Morgan fingerprint density at radius 2 is 1.76 bits per heavy atom. The summed E-state index contributed by atoms with van der Waals surface area (Å²) >= 11 is 0. The van der Waals surface area contributed by atoms with E-state index in [4.69, 9.17) is 19.0 Å². The number of carbonyl (C=O) groups is 1. The SMILES string of the molecule is N#CC(=Cc1cn(-c2ccccc2)nc1-c1cc2ccccc2o1)C(=O)Nc1ccc2c(c1)OCCO2. The smallest absolute Gasteiger partial charge is 0.266 e. The number of aromatic nitrogens is 2. The van der Waals surface area contributed by atoms with Gasteiger partial charge in [-0.25, -0.2) is 4.68 Å². The van der Waals surface area contributed by atoms with Crippen LogP contribution in [0.4, 0.5) is 5.69 Å². The monoisotopic (exact) mass is 488 g/mol. The second kappa shape index (κ2) is 9.40. The van der Waals surface area contributed by atoms with Crippen molar-refractivity contribution in [3.63, 3.8) is 0 Å². The van der Waals surface area contributed by atoms with Crippen LogP contribution < -0.4 is 14.8 Å². The first-order valence-corrected chi connectivity index (χ1v) is 11.6. The van der Waals surface area contributed by atoms with Gasteiger partial charge in [-0.05, 0) is 42.5 Å². The molecule has 0 saturated carbocycles. The van der Waals surface area contributed by atoms with E-state index in [2.05, 4.69) is 5.32 Å². The summed E-state index contributed by atoms with van der Waals surface area (Å²) in [5.41, 5.74) is 3.04. The third kappa shape index (κ3) is 4.42. The number of anilines is 1. The molecule has 3 aromatic carbocycles. The molecule has 1 aliphatic rings. The highest BCUT2D eigenvalue weighted by Crippen LogP contribution is 2.33. The fourth-order valence-corrected chi connectivity index (χ4v) is 4.12. The van der Waals surface area contributed by atoms with Crippen LogP contribution in [0.15, 0.2) is 95.0 Å². The highest BCUT2D eigenvalue weighted by molar-refractivity contribution is 6.10. The van der Waals surface area contributed by atoms with Crippen molar-refractivity contribution in [1.82, 2.24) is 9.78 Å². The Hall–Kier alpha value is -5.29. The van der Waals surface area contributed by atoms with Gasteiger partial charge in [0.05, 0.1) is 5.69 Å². The van der Waals surface area contributed by atoms with Crippen LogP contribution in [-0.4, -0.2) is 28.9 Å². The lowest BCUT2D eigenvalue weighted by Crippen LogP contribution is -2.17. The summed E-state index contributed by atoms with van der Waals surface area (Å²) in [7, 11) is 0. The molecule has 8 heteroatoms. The lowest BCUT2D eigenvalue weighted by Gasteiger charge is -2.18. The van der Waals surface area contributed by atoms with Gasteiger partial charge < -0.3 is 19.2 Å². The lowest BCUT2D eigenvalue weighted by molar-refractivity contribution is -0.112. The number of nitriles is 1. The van der Waals surface area contributed by atoms with Gasteiger partial charge in [0.15, 0.2) is 17.3 Å². The summed E-state index contributed by atoms with van der Waals surface area (Å²) in [4.78, 5) is 13.1. The molecule has 0 bridgehead atoms. The number of para-hydroxylation sites is 2. The molecular weight excluding hydrogens is 468 g/mol. The van der Waals surface area contributed by atoms with Crippen LogP contribution in [0.5, 0.6) is 11.5 Å². The summed E-state index contributed by atoms with van der Waals surface area (Å²) in [5.74, 6) is 1.14. The zero-order valence-electron chi connectivity index (χ0n) is 19.5. The van der Waals surface area contributed by atoms with Gasteiger partial charge in [-0.2, -0.15) is 10.4 Å². The Bertz CT molecular complexity index is 1660. The summed E-state index contributed by atoms with van der Waals surface area (Å²) in [5, 5.41) is 18.3. The molecule has 5 aromatic rings. The number of nitrogens with one attached hydrogen (secondary N) is 1. The molecule has 0 aliphatic carbocycles. The van der Waals surface area contributed by atoms with Gasteiger partial charge in [0.2, 0.25) is 0 Å². The van der Waals surface area contributed by atoms with E-state index in [-0.39, 0.29) is 5.57 Å². The fraction of sp³-hybridized carbons (Fsp3) is 0.0690. The second-order valence-corrected chi connectivity index (χ2v) is 8.34. The van der Waals surface area contributed by atoms with E-state index in [1.54, 1.807) is 29.1 Å². The van der Waals surface area contributed by atoms with Gasteiger partial charge >= 0.3 is 0 Å². The minimum atomic E-state index is -0.554. The molecule has 0 radical (unpaired) electrons. The van der Waals surface area contributed by atoms with Crippen molar-refractivity contribution in [2.45, 2.75) is 0 Å². The summed E-state index contributed by atoms with van der Waals surface area (Å²) in [6.07, 6.45) is 3.29. The van der Waals surface area contributed by atoms with Crippen molar-refractivity contribution in [2.24, 2.45) is 0 Å². The Labute approximate surface area is 212 Å². The number of nitrogens with zero attached hydrogens (tertiary/aromatic N) is 3. The summed E-state index contributed by atoms with van der Waals surface area (Å²) < 4.78 is 18.9. The molecule has 0 atom stereocenters. The molecule has 37 heavy (non-hydrogen) atoms. The topological polar surface area (TPSA) is 102 Å². The molecule has 2 aromatic heterocycles. The van der Waals surface area contributed by atoms with E-state index < -0.39 is 5.91 Å². The number of benzene rings is 3. The Morgan fingerprint density at radius 1 is 0.973 bits per heavy atom. The summed E-state index contributed by atoms with van der Waals surface area (Å²) in [6.45, 7) is 0.911. The Balaban J connectivity index is 1.38. The molecule has 0 spiro atoms. The Morgan fingerprint density at radius 3 is 2.57 bits per heavy atom. The molecule has 6 rings (SSSR count). The van der Waals surface area contributed by atoms with Crippen LogP contribution in [-0.2, 0) is 4.79 Å². The molecule has 1 aliphatic heterocycles. The van der Waals surface area contributed by atoms with Gasteiger partial charge in [0.25, 0.3) is 5.91 Å². The molecule has 0 unspecified atom stereocenters. The largest absolute Gasteiger partial charge is 0.486 e. The first-order chi connectivity index (χ1) is 18.2.